The van der Waals surface area contributed by atoms with Gasteiger partial charge in [0.05, 0.1) is 18.8 Å². The average Bonchev–Trinajstić information content (AvgIpc) is 2.87. The van der Waals surface area contributed by atoms with Gasteiger partial charge in [0.15, 0.2) is 0 Å². The number of carbonyl (C=O) groups is 1. The van der Waals surface area contributed by atoms with Crippen LogP contribution >= 0.6 is 0 Å². The minimum absolute atomic E-state index is 0.0984. The summed E-state index contributed by atoms with van der Waals surface area (Å²) in [5.74, 6) is 1.16. The summed E-state index contributed by atoms with van der Waals surface area (Å²) in [6, 6.07) is 15.9. The number of carbonyl (C=O) groups excluding carboxylic acids is 1. The second-order valence-corrected chi connectivity index (χ2v) is 9.99. The van der Waals surface area contributed by atoms with E-state index in [-0.39, 0.29) is 12.2 Å². The summed E-state index contributed by atoms with van der Waals surface area (Å²) in [5, 5.41) is 8.91. The molecule has 3 heteroatoms. The van der Waals surface area contributed by atoms with Crippen molar-refractivity contribution in [2.24, 2.45) is 5.92 Å². The molecule has 0 unspecified atom stereocenters. The van der Waals surface area contributed by atoms with E-state index < -0.39 is 5.97 Å². The SMILES string of the molecule is C=C(CO)C(=O)OCCCc1ccc(-c2ccc(C3CCC(CCCCC)CC3)cc2)c(C)c1. The highest BCUT2D eigenvalue weighted by Crippen LogP contribution is 2.38. The lowest BCUT2D eigenvalue weighted by molar-refractivity contribution is -0.139. The maximum atomic E-state index is 11.5. The number of unbranched alkanes of at least 4 members (excludes halogenated alkanes) is 2. The van der Waals surface area contributed by atoms with Crippen molar-refractivity contribution in [1.82, 2.24) is 0 Å². The Morgan fingerprint density at radius 3 is 2.41 bits per heavy atom. The Bertz CT molecular complexity index is 920. The van der Waals surface area contributed by atoms with Crippen molar-refractivity contribution >= 4 is 5.97 Å². The summed E-state index contributed by atoms with van der Waals surface area (Å²) in [7, 11) is 0. The molecule has 0 spiro atoms. The summed E-state index contributed by atoms with van der Waals surface area (Å²) >= 11 is 0. The van der Waals surface area contributed by atoms with Gasteiger partial charge in [0.25, 0.3) is 0 Å². The minimum Gasteiger partial charge on any atom is -0.462 e. The van der Waals surface area contributed by atoms with Crippen LogP contribution in [-0.2, 0) is 16.0 Å². The molecule has 0 saturated heterocycles. The Kier molecular flexibility index (Phi) is 10.4. The molecule has 0 aromatic heterocycles. The zero-order valence-electron chi connectivity index (χ0n) is 21.2. The number of hydrogen-bond acceptors (Lipinski definition) is 3. The van der Waals surface area contributed by atoms with Crippen LogP contribution in [0.15, 0.2) is 54.6 Å². The first kappa shape index (κ1) is 26.2. The van der Waals surface area contributed by atoms with Crippen LogP contribution in [0.1, 0.15) is 87.3 Å². The topological polar surface area (TPSA) is 46.5 Å². The number of hydrogen-bond donors (Lipinski definition) is 1. The largest absolute Gasteiger partial charge is 0.462 e. The zero-order valence-corrected chi connectivity index (χ0v) is 21.2. The van der Waals surface area contributed by atoms with Crippen molar-refractivity contribution in [1.29, 1.82) is 0 Å². The highest BCUT2D eigenvalue weighted by molar-refractivity contribution is 5.87. The van der Waals surface area contributed by atoms with Gasteiger partial charge in [0.2, 0.25) is 0 Å². The van der Waals surface area contributed by atoms with Gasteiger partial charge < -0.3 is 9.84 Å². The van der Waals surface area contributed by atoms with Crippen LogP contribution in [0.25, 0.3) is 11.1 Å². The average molecular weight is 463 g/mol. The smallest absolute Gasteiger partial charge is 0.335 e. The van der Waals surface area contributed by atoms with Crippen molar-refractivity contribution in [2.45, 2.75) is 84.0 Å². The Morgan fingerprint density at radius 1 is 1.03 bits per heavy atom. The maximum Gasteiger partial charge on any atom is 0.335 e. The Morgan fingerprint density at radius 2 is 1.76 bits per heavy atom. The molecule has 0 radical (unpaired) electrons. The van der Waals surface area contributed by atoms with Gasteiger partial charge in [-0.15, -0.1) is 0 Å². The van der Waals surface area contributed by atoms with Crippen LogP contribution in [-0.4, -0.2) is 24.3 Å². The quantitative estimate of drug-likeness (QED) is 0.201. The number of rotatable bonds is 12. The number of aliphatic hydroxyl groups excluding tert-OH is 1. The maximum absolute atomic E-state index is 11.5. The first-order valence-electron chi connectivity index (χ1n) is 13.2. The van der Waals surface area contributed by atoms with E-state index in [1.807, 2.05) is 0 Å². The molecule has 3 rings (SSSR count). The molecule has 1 fully saturated rings. The summed E-state index contributed by atoms with van der Waals surface area (Å²) < 4.78 is 5.13. The lowest BCUT2D eigenvalue weighted by Crippen LogP contribution is -2.13. The van der Waals surface area contributed by atoms with Gasteiger partial charge in [-0.2, -0.15) is 0 Å². The molecule has 1 saturated carbocycles. The van der Waals surface area contributed by atoms with Gasteiger partial charge in [-0.25, -0.2) is 4.79 Å². The van der Waals surface area contributed by atoms with Crippen LogP contribution in [0.3, 0.4) is 0 Å². The predicted octanol–water partition coefficient (Wildman–Crippen LogP) is 7.54. The van der Waals surface area contributed by atoms with E-state index in [1.54, 1.807) is 0 Å². The van der Waals surface area contributed by atoms with Gasteiger partial charge in [-0.05, 0) is 85.1 Å². The van der Waals surface area contributed by atoms with E-state index in [4.69, 9.17) is 9.84 Å². The standard InChI is InChI=1S/C31H42O3/c1-4-5-6-8-25-10-13-27(14-11-25)28-15-17-29(18-16-28)30-19-12-26(21-23(30)2)9-7-20-34-31(33)24(3)22-32/h12,15-19,21,25,27,32H,3-11,13-14,20,22H2,1-2H3. The molecule has 34 heavy (non-hydrogen) atoms. The summed E-state index contributed by atoms with van der Waals surface area (Å²) in [6.45, 7) is 7.91. The molecule has 0 bridgehead atoms. The van der Waals surface area contributed by atoms with E-state index in [9.17, 15) is 4.79 Å². The molecule has 184 valence electrons. The van der Waals surface area contributed by atoms with Crippen LogP contribution in [0.2, 0.25) is 0 Å². The van der Waals surface area contributed by atoms with E-state index >= 15 is 0 Å². The van der Waals surface area contributed by atoms with Crippen LogP contribution in [0, 0.1) is 12.8 Å². The minimum atomic E-state index is -0.516. The number of aryl methyl sites for hydroxylation is 2. The summed E-state index contributed by atoms with van der Waals surface area (Å²) in [5.41, 5.74) is 6.66. The van der Waals surface area contributed by atoms with Crippen LogP contribution < -0.4 is 0 Å². The van der Waals surface area contributed by atoms with Gasteiger partial charge in [0.1, 0.15) is 0 Å². The van der Waals surface area contributed by atoms with Gasteiger partial charge >= 0.3 is 5.97 Å². The Balaban J connectivity index is 1.50. The zero-order chi connectivity index (χ0) is 24.3. The fourth-order valence-corrected chi connectivity index (χ4v) is 5.22. The third-order valence-electron chi connectivity index (χ3n) is 7.37. The molecule has 1 aliphatic rings. The Hall–Kier alpha value is -2.39. The van der Waals surface area contributed by atoms with Crippen molar-refractivity contribution < 1.29 is 14.6 Å². The third kappa shape index (κ3) is 7.56. The molecular weight excluding hydrogens is 420 g/mol. The first-order chi connectivity index (χ1) is 16.5. The van der Waals surface area contributed by atoms with Crippen molar-refractivity contribution in [3.8, 4) is 11.1 Å². The molecule has 1 aliphatic carbocycles. The summed E-state index contributed by atoms with van der Waals surface area (Å²) in [4.78, 5) is 11.5. The number of ether oxygens (including phenoxy) is 1. The van der Waals surface area contributed by atoms with Crippen LogP contribution in [0.4, 0.5) is 0 Å². The highest BCUT2D eigenvalue weighted by Gasteiger charge is 2.22. The molecule has 2 aromatic carbocycles. The fraction of sp³-hybridized carbons (Fsp3) is 0.516. The fourth-order valence-electron chi connectivity index (χ4n) is 5.22. The third-order valence-corrected chi connectivity index (χ3v) is 7.37. The second kappa shape index (κ2) is 13.5. The molecule has 3 nitrogen and oxygen atoms in total. The monoisotopic (exact) mass is 462 g/mol. The van der Waals surface area contributed by atoms with Crippen LogP contribution in [0.5, 0.6) is 0 Å². The second-order valence-electron chi connectivity index (χ2n) is 9.99. The number of aliphatic hydroxyl groups is 1. The molecule has 2 aromatic rings. The van der Waals surface area contributed by atoms with Crippen molar-refractivity contribution in [2.75, 3.05) is 13.2 Å². The van der Waals surface area contributed by atoms with Gasteiger partial charge in [0, 0.05) is 0 Å². The molecular formula is C31H42O3. The van der Waals surface area contributed by atoms with E-state index in [0.29, 0.717) is 6.61 Å². The van der Waals surface area contributed by atoms with E-state index in [2.05, 4.69) is 62.9 Å². The van der Waals surface area contributed by atoms with Crippen molar-refractivity contribution in [3.05, 3.63) is 71.3 Å². The lowest BCUT2D eigenvalue weighted by atomic mass is 9.77. The molecule has 0 aliphatic heterocycles. The molecule has 0 atom stereocenters. The summed E-state index contributed by atoms with van der Waals surface area (Å²) in [6.07, 6.45) is 12.6. The Labute approximate surface area is 206 Å². The van der Waals surface area contributed by atoms with E-state index in [0.717, 1.165) is 24.7 Å². The lowest BCUT2D eigenvalue weighted by Gasteiger charge is -2.29. The highest BCUT2D eigenvalue weighted by atomic mass is 16.5. The van der Waals surface area contributed by atoms with Crippen molar-refractivity contribution in [3.63, 3.8) is 0 Å². The van der Waals surface area contributed by atoms with Gasteiger partial charge in [-0.1, -0.05) is 81.7 Å². The predicted molar refractivity (Wildman–Crippen MR) is 141 cm³/mol. The van der Waals surface area contributed by atoms with E-state index in [1.165, 1.54) is 79.2 Å². The molecule has 0 heterocycles. The van der Waals surface area contributed by atoms with Gasteiger partial charge in [-0.3, -0.25) is 0 Å². The first-order valence-corrected chi connectivity index (χ1v) is 13.2. The number of benzene rings is 2. The molecule has 0 amide bonds. The normalized spacial score (nSPS) is 18.0. The number of esters is 1. The molecule has 1 N–H and O–H groups in total.